The van der Waals surface area contributed by atoms with Crippen molar-refractivity contribution in [3.8, 4) is 17.4 Å². The molecule has 10 aromatic carbocycles. The van der Waals surface area contributed by atoms with E-state index in [1.807, 2.05) is 149 Å². The van der Waals surface area contributed by atoms with Crippen LogP contribution in [0.5, 0.6) is 11.8 Å². The number of hydrogen-bond donors (Lipinski definition) is 2. The van der Waals surface area contributed by atoms with Gasteiger partial charge in [0.05, 0.1) is 38.0 Å². The summed E-state index contributed by atoms with van der Waals surface area (Å²) in [6, 6.07) is 61.3. The van der Waals surface area contributed by atoms with E-state index in [1.165, 1.54) is 64.0 Å². The number of anilines is 2. The van der Waals surface area contributed by atoms with Gasteiger partial charge in [0.2, 0.25) is 17.7 Å². The first kappa shape index (κ1) is 93.2. The van der Waals surface area contributed by atoms with Crippen LogP contribution in [-0.4, -0.2) is 155 Å². The molecule has 0 atom stereocenters. The van der Waals surface area contributed by atoms with Crippen LogP contribution in [0.3, 0.4) is 0 Å². The average Bonchev–Trinajstić information content (AvgIpc) is 1.57. The van der Waals surface area contributed by atoms with Gasteiger partial charge in [0.15, 0.2) is 10.9 Å². The number of hydrogen-bond acceptors (Lipinski definition) is 14. The summed E-state index contributed by atoms with van der Waals surface area (Å²) in [6.07, 6.45) is 11.0. The quantitative estimate of drug-likeness (QED) is 0.0872. The number of benzene rings is 10. The second-order valence-corrected chi connectivity index (χ2v) is 36.0. The maximum atomic E-state index is 13.6. The van der Waals surface area contributed by atoms with Gasteiger partial charge in [-0.1, -0.05) is 137 Å². The van der Waals surface area contributed by atoms with E-state index in [9.17, 15) is 35.9 Å². The van der Waals surface area contributed by atoms with Gasteiger partial charge in [0, 0.05) is 119 Å². The van der Waals surface area contributed by atoms with Crippen LogP contribution in [0.25, 0.3) is 58.8 Å². The van der Waals surface area contributed by atoms with Crippen molar-refractivity contribution in [2.45, 2.75) is 109 Å². The Morgan fingerprint density at radius 2 is 0.884 bits per heavy atom. The zero-order valence-electron chi connectivity index (χ0n) is 73.3. The maximum Gasteiger partial charge on any atom is 0.410 e. The molecule has 8 heterocycles. The van der Waals surface area contributed by atoms with Gasteiger partial charge >= 0.3 is 12.2 Å². The number of halogens is 8. The van der Waals surface area contributed by atoms with Crippen LogP contribution in [0.15, 0.2) is 231 Å². The molecule has 670 valence electrons. The molecule has 5 aliphatic heterocycles. The van der Waals surface area contributed by atoms with E-state index >= 15 is 0 Å². The maximum absolute atomic E-state index is 13.6. The number of aromatic nitrogens is 5. The third kappa shape index (κ3) is 22.7. The summed E-state index contributed by atoms with van der Waals surface area (Å²) in [7, 11) is 4.81. The zero-order chi connectivity index (χ0) is 90.1. The van der Waals surface area contributed by atoms with Crippen molar-refractivity contribution in [2.24, 2.45) is 5.92 Å². The number of carbonyl (C=O) groups excluding carboxylic acids is 2. The fraction of sp³-hybridized carbons (Fsp3) is 0.304. The van der Waals surface area contributed by atoms with Crippen LogP contribution in [0.4, 0.5) is 47.6 Å². The molecule has 0 bridgehead atoms. The SMILES string of the molecule is CC(C)(C)OC(=O)N1CC(C2=CCCc3cc(F)ccc32)C1.CC(C)(C)OC(=O)N1CC(c2cccc3cc(F)ccc23)C1.COCc1nnc(N2CC(c3cccc4cc(F)ccc34)C2)n1-c1ccc(OC)nc1.COc1ccc(NC(=S)N2CC(c3cccc4cc(F)ccc34)C2)cn1.Cl.Fc1ccc2c(C3CNC3)cccc2c1.Fc1ccc2c(c1)CCC=C2Br. The van der Waals surface area contributed by atoms with Crippen molar-refractivity contribution >= 4 is 123 Å². The number of pyridine rings is 2. The Balaban J connectivity index is 0.000000128. The molecule has 3 aromatic heterocycles. The zero-order valence-corrected chi connectivity index (χ0v) is 76.5. The molecule has 0 saturated carbocycles. The highest BCUT2D eigenvalue weighted by atomic mass is 79.9. The Kier molecular flexibility index (Phi) is 29.8. The molecular weight excluding hydrogens is 1750 g/mol. The highest BCUT2D eigenvalue weighted by molar-refractivity contribution is 9.15. The number of allylic oxidation sites excluding steroid dienone is 2. The minimum absolute atomic E-state index is 0. The first-order chi connectivity index (χ1) is 61.6. The number of fused-ring (bicyclic) bond motifs is 6. The molecule has 0 unspecified atom stereocenters. The van der Waals surface area contributed by atoms with Crippen LogP contribution < -0.4 is 25.0 Å². The molecule has 0 spiro atoms. The lowest BCUT2D eigenvalue weighted by molar-refractivity contribution is 0.00563. The minimum atomic E-state index is -0.473. The number of nitrogens with zero attached hydrogens (tertiary/aromatic N) is 9. The molecule has 13 aromatic rings. The predicted octanol–water partition coefficient (Wildman–Crippen LogP) is 22.8. The lowest BCUT2D eigenvalue weighted by Gasteiger charge is -2.42. The number of amides is 2. The topological polar surface area (TPSA) is 174 Å². The Hall–Kier alpha value is -11.9. The third-order valence-electron chi connectivity index (χ3n) is 23.5. The van der Waals surface area contributed by atoms with E-state index in [0.29, 0.717) is 79.2 Å². The Morgan fingerprint density at radius 3 is 1.31 bits per heavy atom. The number of nitrogens with one attached hydrogen (secondary N) is 2. The summed E-state index contributed by atoms with van der Waals surface area (Å²) < 4.78 is 109. The first-order valence-electron chi connectivity index (χ1n) is 42.9. The van der Waals surface area contributed by atoms with E-state index in [-0.39, 0.29) is 65.4 Å². The van der Waals surface area contributed by atoms with E-state index in [4.69, 9.17) is 35.9 Å². The van der Waals surface area contributed by atoms with Crippen LogP contribution >= 0.6 is 40.6 Å². The Morgan fingerprint density at radius 1 is 0.473 bits per heavy atom. The molecule has 27 heteroatoms. The van der Waals surface area contributed by atoms with Gasteiger partial charge in [-0.3, -0.25) is 4.57 Å². The molecule has 0 radical (unpaired) electrons. The largest absolute Gasteiger partial charge is 0.481 e. The second kappa shape index (κ2) is 41.2. The lowest BCUT2D eigenvalue weighted by Crippen LogP contribution is -2.52. The summed E-state index contributed by atoms with van der Waals surface area (Å²) >= 11 is 8.94. The van der Waals surface area contributed by atoms with Crippen LogP contribution in [-0.2, 0) is 33.7 Å². The second-order valence-electron chi connectivity index (χ2n) is 34.7. The molecule has 7 aliphatic rings. The van der Waals surface area contributed by atoms with E-state index in [0.717, 1.165) is 152 Å². The highest BCUT2D eigenvalue weighted by Gasteiger charge is 2.40. The average molecular weight is 1860 g/mol. The summed E-state index contributed by atoms with van der Waals surface area (Å²) in [5.74, 6) is 3.36. The fourth-order valence-corrected chi connectivity index (χ4v) is 17.7. The van der Waals surface area contributed by atoms with E-state index in [2.05, 4.69) is 92.9 Å². The molecule has 2 amide bonds. The minimum Gasteiger partial charge on any atom is -0.481 e. The van der Waals surface area contributed by atoms with Crippen LogP contribution in [0, 0.1) is 40.8 Å². The summed E-state index contributed by atoms with van der Waals surface area (Å²) in [5.41, 5.74) is 11.4. The van der Waals surface area contributed by atoms with Gasteiger partial charge in [-0.2, -0.15) is 0 Å². The number of likely N-dealkylation sites (tertiary alicyclic amines) is 3. The number of rotatable bonds is 12. The van der Waals surface area contributed by atoms with Gasteiger partial charge in [-0.15, -0.1) is 22.6 Å². The predicted molar refractivity (Wildman–Crippen MR) is 507 cm³/mol. The highest BCUT2D eigenvalue weighted by Crippen LogP contribution is 2.42. The van der Waals surface area contributed by atoms with Gasteiger partial charge in [0.25, 0.3) is 0 Å². The first-order valence-corrected chi connectivity index (χ1v) is 44.1. The molecule has 2 aliphatic carbocycles. The smallest absolute Gasteiger partial charge is 0.410 e. The lowest BCUT2D eigenvalue weighted by atomic mass is 9.80. The van der Waals surface area contributed by atoms with E-state index in [1.54, 1.807) is 86.0 Å². The number of thiocarbonyl (C=S) groups is 1. The van der Waals surface area contributed by atoms with Gasteiger partial charge in [0.1, 0.15) is 52.7 Å². The van der Waals surface area contributed by atoms with Gasteiger partial charge < -0.3 is 53.9 Å². The van der Waals surface area contributed by atoms with Crippen molar-refractivity contribution in [2.75, 3.05) is 97.0 Å². The van der Waals surface area contributed by atoms with Crippen molar-refractivity contribution in [1.82, 2.24) is 44.7 Å². The van der Waals surface area contributed by atoms with E-state index < -0.39 is 11.2 Å². The molecule has 129 heavy (non-hydrogen) atoms. The van der Waals surface area contributed by atoms with Crippen LogP contribution in [0.1, 0.15) is 128 Å². The summed E-state index contributed by atoms with van der Waals surface area (Å²) in [4.78, 5) is 40.2. The Bertz CT molecular complexity index is 6270. The van der Waals surface area contributed by atoms with Crippen molar-refractivity contribution in [1.29, 1.82) is 0 Å². The number of carbonyl (C=O) groups is 2. The standard InChI is InChI=1S/C23H22FN5O2.C20H18FN3OS.C18H22FNO2.C18H20FNO2.C13H12FN.C10H8BrF.ClH/c1-30-14-21-26-27-23(29(21)18-7-9-22(31-2)25-11-18)28-12-16(13-28)19-5-3-4-15-10-17(24)6-8-20(15)19;1-25-19-8-6-16(10-22-19)23-20(26)24-11-14(12-24)17-4-2-3-13-9-15(21)5-7-18(13)17;2*1-18(2,3)22-17(21)20-10-13(11-20)15-6-4-5-12-9-14(19)7-8-16(12)15;14-11-4-5-13-9(6-11)2-1-3-12(13)10-7-15-8-10;11-10-3-1-2-7-6-8(12)4-5-9(7)10;/h3-11,16H,12-14H2,1-2H3;2-10,14H,11-12H2,1H3,(H,23,26);6-9,13H,4-5,10-11H2,1-3H3;4-9,13H,10-11H2,1-3H3;1-6,10,15H,7-8H2;3-6H,1-2H2;1H. The van der Waals surface area contributed by atoms with Crippen molar-refractivity contribution in [3.05, 3.63) is 316 Å². The molecule has 5 saturated heterocycles. The monoisotopic (exact) mass is 1850 g/mol. The summed E-state index contributed by atoms with van der Waals surface area (Å²) in [5, 5.41) is 24.1. The van der Waals surface area contributed by atoms with Gasteiger partial charge in [-0.25, -0.2) is 45.9 Å². The molecule has 5 fully saturated rings. The van der Waals surface area contributed by atoms with Gasteiger partial charge in [-0.05, 0) is 258 Å². The molecule has 20 rings (SSSR count). The Labute approximate surface area is 767 Å². The number of aryl methyl sites for hydroxylation is 2. The van der Waals surface area contributed by atoms with Crippen molar-refractivity contribution in [3.63, 3.8) is 0 Å². The summed E-state index contributed by atoms with van der Waals surface area (Å²) in [6.45, 7) is 19.5. The molecule has 2 N–H and O–H groups in total. The molecular formula is C102H103BrClF6N11O7S. The fourth-order valence-electron chi connectivity index (χ4n) is 16.8. The van der Waals surface area contributed by atoms with Crippen molar-refractivity contribution < 1.29 is 59.6 Å². The molecule has 18 nitrogen and oxygen atoms in total. The third-order valence-corrected chi connectivity index (χ3v) is 24.6. The number of ether oxygens (including phenoxy) is 5. The number of methoxy groups -OCH3 is 3. The van der Waals surface area contributed by atoms with Crippen LogP contribution in [0.2, 0.25) is 0 Å². The normalized spacial score (nSPS) is 15.4.